The number of rotatable bonds is 3. The molecule has 5 nitrogen and oxygen atoms in total. The van der Waals surface area contributed by atoms with Crippen molar-refractivity contribution in [3.8, 4) is 0 Å². The van der Waals surface area contributed by atoms with E-state index >= 15 is 0 Å². The normalized spacial score (nSPS) is 22.8. The van der Waals surface area contributed by atoms with Gasteiger partial charge in [0, 0.05) is 12.2 Å². The van der Waals surface area contributed by atoms with E-state index in [1.807, 2.05) is 0 Å². The molecule has 0 spiro atoms. The Morgan fingerprint density at radius 2 is 2.16 bits per heavy atom. The fourth-order valence-electron chi connectivity index (χ4n) is 2.32. The minimum absolute atomic E-state index is 0.0639. The quantitative estimate of drug-likeness (QED) is 0.835. The number of aliphatic carboxylic acids is 1. The SMILES string of the molecule is O=C(NC1CCCC(C(=O)O)C1)c1ccc(Br)nc1. The van der Waals surface area contributed by atoms with E-state index < -0.39 is 5.97 Å². The number of halogens is 1. The summed E-state index contributed by atoms with van der Waals surface area (Å²) in [6.07, 6.45) is 4.36. The Bertz CT molecular complexity index is 475. The van der Waals surface area contributed by atoms with Crippen molar-refractivity contribution >= 4 is 27.8 Å². The summed E-state index contributed by atoms with van der Waals surface area (Å²) < 4.78 is 0.674. The molecule has 1 aliphatic rings. The molecule has 1 heterocycles. The smallest absolute Gasteiger partial charge is 0.306 e. The Kier molecular flexibility index (Phi) is 4.52. The molecule has 6 heteroatoms. The lowest BCUT2D eigenvalue weighted by molar-refractivity contribution is -0.143. The predicted octanol–water partition coefficient (Wildman–Crippen LogP) is 2.22. The van der Waals surface area contributed by atoms with Gasteiger partial charge in [-0.1, -0.05) is 6.42 Å². The van der Waals surface area contributed by atoms with Crippen molar-refractivity contribution in [2.24, 2.45) is 5.92 Å². The topological polar surface area (TPSA) is 79.3 Å². The second kappa shape index (κ2) is 6.14. The number of pyridine rings is 1. The number of hydrogen-bond donors (Lipinski definition) is 2. The van der Waals surface area contributed by atoms with Gasteiger partial charge in [-0.05, 0) is 47.3 Å². The number of carboxylic acids is 1. The summed E-state index contributed by atoms with van der Waals surface area (Å²) in [5.74, 6) is -1.32. The highest BCUT2D eigenvalue weighted by molar-refractivity contribution is 9.10. The second-order valence-corrected chi connectivity index (χ2v) is 5.55. The number of carbonyl (C=O) groups excluding carboxylic acids is 1. The first-order chi connectivity index (χ1) is 9.06. The van der Waals surface area contributed by atoms with E-state index in [-0.39, 0.29) is 17.9 Å². The highest BCUT2D eigenvalue weighted by atomic mass is 79.9. The Labute approximate surface area is 119 Å². The van der Waals surface area contributed by atoms with Gasteiger partial charge < -0.3 is 10.4 Å². The number of nitrogens with zero attached hydrogens (tertiary/aromatic N) is 1. The zero-order valence-electron chi connectivity index (χ0n) is 10.3. The summed E-state index contributed by atoms with van der Waals surface area (Å²) in [5, 5.41) is 11.9. The summed E-state index contributed by atoms with van der Waals surface area (Å²) in [6.45, 7) is 0. The zero-order valence-corrected chi connectivity index (χ0v) is 11.9. The van der Waals surface area contributed by atoms with Crippen LogP contribution in [0.3, 0.4) is 0 Å². The van der Waals surface area contributed by atoms with E-state index in [4.69, 9.17) is 5.11 Å². The molecule has 0 aliphatic heterocycles. The maximum Gasteiger partial charge on any atom is 0.306 e. The van der Waals surface area contributed by atoms with Crippen molar-refractivity contribution in [1.82, 2.24) is 10.3 Å². The molecule has 1 aromatic heterocycles. The molecule has 1 aromatic rings. The summed E-state index contributed by atoms with van der Waals surface area (Å²) in [6, 6.07) is 3.32. The fraction of sp³-hybridized carbons (Fsp3) is 0.462. The van der Waals surface area contributed by atoms with Crippen LogP contribution in [0, 0.1) is 5.92 Å². The molecule has 1 amide bonds. The van der Waals surface area contributed by atoms with E-state index in [0.717, 1.165) is 12.8 Å². The summed E-state index contributed by atoms with van der Waals surface area (Å²) in [7, 11) is 0. The lowest BCUT2D eigenvalue weighted by Gasteiger charge is -2.27. The Balaban J connectivity index is 1.95. The van der Waals surface area contributed by atoms with Gasteiger partial charge in [0.2, 0.25) is 0 Å². The minimum Gasteiger partial charge on any atom is -0.481 e. The van der Waals surface area contributed by atoms with E-state index in [2.05, 4.69) is 26.2 Å². The van der Waals surface area contributed by atoms with Crippen LogP contribution >= 0.6 is 15.9 Å². The summed E-state index contributed by atoms with van der Waals surface area (Å²) >= 11 is 3.21. The molecule has 2 unspecified atom stereocenters. The van der Waals surface area contributed by atoms with E-state index in [1.54, 1.807) is 12.1 Å². The standard InChI is InChI=1S/C13H15BrN2O3/c14-11-5-4-9(7-15-11)12(17)16-10-3-1-2-8(6-10)13(18)19/h4-5,7-8,10H,1-3,6H2,(H,16,17)(H,18,19). The van der Waals surface area contributed by atoms with Crippen molar-refractivity contribution in [3.63, 3.8) is 0 Å². The highest BCUT2D eigenvalue weighted by Gasteiger charge is 2.27. The first kappa shape index (κ1) is 14.0. The van der Waals surface area contributed by atoms with Crippen LogP contribution < -0.4 is 5.32 Å². The van der Waals surface area contributed by atoms with Gasteiger partial charge in [-0.15, -0.1) is 0 Å². The van der Waals surface area contributed by atoms with Crippen LogP contribution in [0.25, 0.3) is 0 Å². The third kappa shape index (κ3) is 3.76. The number of carbonyl (C=O) groups is 2. The third-order valence-corrected chi connectivity index (χ3v) is 3.82. The molecule has 19 heavy (non-hydrogen) atoms. The van der Waals surface area contributed by atoms with E-state index in [9.17, 15) is 9.59 Å². The van der Waals surface area contributed by atoms with Crippen LogP contribution in [-0.4, -0.2) is 28.0 Å². The van der Waals surface area contributed by atoms with Gasteiger partial charge in [-0.3, -0.25) is 9.59 Å². The van der Waals surface area contributed by atoms with Gasteiger partial charge in [-0.2, -0.15) is 0 Å². The largest absolute Gasteiger partial charge is 0.481 e. The van der Waals surface area contributed by atoms with Gasteiger partial charge in [0.1, 0.15) is 4.60 Å². The van der Waals surface area contributed by atoms with Crippen molar-refractivity contribution in [2.45, 2.75) is 31.7 Å². The molecule has 2 N–H and O–H groups in total. The van der Waals surface area contributed by atoms with Crippen LogP contribution in [0.2, 0.25) is 0 Å². The van der Waals surface area contributed by atoms with E-state index in [1.165, 1.54) is 6.20 Å². The number of nitrogens with one attached hydrogen (secondary N) is 1. The van der Waals surface area contributed by atoms with Gasteiger partial charge >= 0.3 is 5.97 Å². The zero-order chi connectivity index (χ0) is 13.8. The molecule has 0 bridgehead atoms. The number of amides is 1. The summed E-state index contributed by atoms with van der Waals surface area (Å²) in [4.78, 5) is 27.0. The van der Waals surface area contributed by atoms with Gasteiger partial charge in [0.15, 0.2) is 0 Å². The molecule has 0 saturated heterocycles. The van der Waals surface area contributed by atoms with Crippen LogP contribution in [0.15, 0.2) is 22.9 Å². The van der Waals surface area contributed by atoms with Gasteiger partial charge in [0.25, 0.3) is 5.91 Å². The molecular formula is C13H15BrN2O3. The van der Waals surface area contributed by atoms with Crippen molar-refractivity contribution in [3.05, 3.63) is 28.5 Å². The van der Waals surface area contributed by atoms with Crippen molar-refractivity contribution < 1.29 is 14.7 Å². The number of carboxylic acid groups (broad SMARTS) is 1. The number of aromatic nitrogens is 1. The second-order valence-electron chi connectivity index (χ2n) is 4.74. The summed E-state index contributed by atoms with van der Waals surface area (Å²) in [5.41, 5.74) is 0.487. The first-order valence-corrected chi connectivity index (χ1v) is 7.01. The highest BCUT2D eigenvalue weighted by Crippen LogP contribution is 2.24. The maximum atomic E-state index is 12.0. The molecule has 0 radical (unpaired) electrons. The predicted molar refractivity (Wildman–Crippen MR) is 72.8 cm³/mol. The molecule has 2 rings (SSSR count). The van der Waals surface area contributed by atoms with E-state index in [0.29, 0.717) is 23.0 Å². The lowest BCUT2D eigenvalue weighted by Crippen LogP contribution is -2.39. The molecule has 0 aromatic carbocycles. The van der Waals surface area contributed by atoms with Gasteiger partial charge in [0.05, 0.1) is 11.5 Å². The molecule has 1 aliphatic carbocycles. The van der Waals surface area contributed by atoms with Crippen LogP contribution in [-0.2, 0) is 4.79 Å². The lowest BCUT2D eigenvalue weighted by atomic mass is 9.85. The molecule has 2 atom stereocenters. The van der Waals surface area contributed by atoms with Crippen LogP contribution in [0.1, 0.15) is 36.0 Å². The van der Waals surface area contributed by atoms with Crippen molar-refractivity contribution in [1.29, 1.82) is 0 Å². The van der Waals surface area contributed by atoms with Crippen molar-refractivity contribution in [2.75, 3.05) is 0 Å². The fourth-order valence-corrected chi connectivity index (χ4v) is 2.56. The van der Waals surface area contributed by atoms with Crippen LogP contribution in [0.4, 0.5) is 0 Å². The first-order valence-electron chi connectivity index (χ1n) is 6.21. The molecule has 1 fully saturated rings. The number of hydrogen-bond acceptors (Lipinski definition) is 3. The maximum absolute atomic E-state index is 12.0. The van der Waals surface area contributed by atoms with Gasteiger partial charge in [-0.25, -0.2) is 4.98 Å². The average Bonchev–Trinajstić information content (AvgIpc) is 2.39. The molecule has 1 saturated carbocycles. The Hall–Kier alpha value is -1.43. The van der Waals surface area contributed by atoms with Crippen LogP contribution in [0.5, 0.6) is 0 Å². The third-order valence-electron chi connectivity index (χ3n) is 3.35. The molecular weight excluding hydrogens is 312 g/mol. The Morgan fingerprint density at radius 1 is 1.37 bits per heavy atom. The minimum atomic E-state index is -0.774. The Morgan fingerprint density at radius 3 is 2.79 bits per heavy atom. The monoisotopic (exact) mass is 326 g/mol. The average molecular weight is 327 g/mol. The molecule has 102 valence electrons.